The maximum atomic E-state index is 14.0. The smallest absolute Gasteiger partial charge is 0.248 e. The van der Waals surface area contributed by atoms with Crippen LogP contribution in [0.15, 0.2) is 57.9 Å². The largest absolute Gasteiger partial charge is 0.368 e. The number of sulfonamides is 1. The molecule has 5 rings (SSSR count). The Morgan fingerprint density at radius 2 is 1.61 bits per heavy atom. The van der Waals surface area contributed by atoms with Gasteiger partial charge < -0.3 is 14.3 Å². The summed E-state index contributed by atoms with van der Waals surface area (Å²) in [5.74, 6) is -0.548. The SMILES string of the molecule is CC(=O)c1ccc(N2CCN(C(=O)C3CCN(S(=O)(=O)c4c(C)noc4/C=C/c4ccccc4F)CC3)CC2)cc1. The fraction of sp³-hybridized carbons (Fsp3) is 0.367. The number of nitrogens with zero attached hydrogens (tertiary/aromatic N) is 4. The number of amides is 1. The van der Waals surface area contributed by atoms with E-state index in [9.17, 15) is 22.4 Å². The average Bonchev–Trinajstić information content (AvgIpc) is 3.37. The Kier molecular flexibility index (Phi) is 8.37. The number of anilines is 1. The van der Waals surface area contributed by atoms with Gasteiger partial charge in [-0.15, -0.1) is 0 Å². The highest BCUT2D eigenvalue weighted by Crippen LogP contribution is 2.30. The summed E-state index contributed by atoms with van der Waals surface area (Å²) in [5.41, 5.74) is 2.22. The Labute approximate surface area is 239 Å². The molecule has 0 atom stereocenters. The van der Waals surface area contributed by atoms with E-state index in [1.165, 1.54) is 22.5 Å². The minimum Gasteiger partial charge on any atom is -0.368 e. The summed E-state index contributed by atoms with van der Waals surface area (Å²) in [6.45, 7) is 6.07. The fourth-order valence-electron chi connectivity index (χ4n) is 5.40. The van der Waals surface area contributed by atoms with Crippen LogP contribution in [0.1, 0.15) is 47.1 Å². The molecule has 0 saturated carbocycles. The first-order valence-corrected chi connectivity index (χ1v) is 15.1. The molecule has 0 N–H and O–H groups in total. The van der Waals surface area contributed by atoms with E-state index < -0.39 is 15.8 Å². The summed E-state index contributed by atoms with van der Waals surface area (Å²) in [6, 6.07) is 13.7. The van der Waals surface area contributed by atoms with Gasteiger partial charge in [-0.25, -0.2) is 12.8 Å². The van der Waals surface area contributed by atoms with Crippen LogP contribution in [0.3, 0.4) is 0 Å². The van der Waals surface area contributed by atoms with Crippen LogP contribution in [-0.4, -0.2) is 73.7 Å². The number of halogens is 1. The number of benzene rings is 2. The van der Waals surface area contributed by atoms with Crippen molar-refractivity contribution in [3.63, 3.8) is 0 Å². The third-order valence-corrected chi connectivity index (χ3v) is 9.84. The standard InChI is InChI=1S/C30H33FN4O5S/c1-21-29(28(40-32-21)12-9-24-5-3-4-6-27(24)31)41(38,39)35-15-13-25(14-16-35)30(37)34-19-17-33(18-20-34)26-10-7-23(8-11-26)22(2)36/h3-12,25H,13-20H2,1-2H3/b12-9+. The Bertz CT molecular complexity index is 1550. The molecule has 0 radical (unpaired) electrons. The molecule has 2 aliphatic heterocycles. The van der Waals surface area contributed by atoms with E-state index >= 15 is 0 Å². The zero-order valence-corrected chi connectivity index (χ0v) is 23.9. The third-order valence-electron chi connectivity index (χ3n) is 7.78. The first-order valence-electron chi connectivity index (χ1n) is 13.7. The summed E-state index contributed by atoms with van der Waals surface area (Å²) >= 11 is 0. The van der Waals surface area contributed by atoms with Crippen LogP contribution in [0.25, 0.3) is 12.2 Å². The molecule has 2 aromatic carbocycles. The van der Waals surface area contributed by atoms with Crippen LogP contribution >= 0.6 is 0 Å². The lowest BCUT2D eigenvalue weighted by Gasteiger charge is -2.39. The van der Waals surface area contributed by atoms with Gasteiger partial charge in [-0.3, -0.25) is 9.59 Å². The molecule has 216 valence electrons. The maximum Gasteiger partial charge on any atom is 0.248 e. The molecule has 0 aliphatic carbocycles. The van der Waals surface area contributed by atoms with Crippen LogP contribution in [-0.2, 0) is 14.8 Å². The van der Waals surface area contributed by atoms with Crippen molar-refractivity contribution in [3.05, 3.63) is 76.9 Å². The molecule has 0 unspecified atom stereocenters. The van der Waals surface area contributed by atoms with Gasteiger partial charge in [-0.05, 0) is 69.2 Å². The second-order valence-corrected chi connectivity index (χ2v) is 12.3. The number of hydrogen-bond acceptors (Lipinski definition) is 7. The van der Waals surface area contributed by atoms with E-state index in [0.29, 0.717) is 50.1 Å². The lowest BCUT2D eigenvalue weighted by molar-refractivity contribution is -0.137. The van der Waals surface area contributed by atoms with Gasteiger partial charge in [0.1, 0.15) is 11.5 Å². The van der Waals surface area contributed by atoms with Gasteiger partial charge in [0.25, 0.3) is 0 Å². The van der Waals surface area contributed by atoms with Crippen molar-refractivity contribution in [3.8, 4) is 0 Å². The summed E-state index contributed by atoms with van der Waals surface area (Å²) in [6.07, 6.45) is 3.73. The van der Waals surface area contributed by atoms with E-state index in [-0.39, 0.29) is 47.0 Å². The molecule has 9 nitrogen and oxygen atoms in total. The van der Waals surface area contributed by atoms with E-state index in [4.69, 9.17) is 4.52 Å². The van der Waals surface area contributed by atoms with Gasteiger partial charge in [-0.1, -0.05) is 23.4 Å². The zero-order chi connectivity index (χ0) is 29.1. The first-order chi connectivity index (χ1) is 19.6. The number of hydrogen-bond donors (Lipinski definition) is 0. The Balaban J connectivity index is 1.18. The summed E-state index contributed by atoms with van der Waals surface area (Å²) in [7, 11) is -3.94. The highest BCUT2D eigenvalue weighted by molar-refractivity contribution is 7.89. The summed E-state index contributed by atoms with van der Waals surface area (Å²) in [5, 5.41) is 3.85. The molecule has 3 heterocycles. The van der Waals surface area contributed by atoms with Crippen molar-refractivity contribution in [2.24, 2.45) is 5.92 Å². The molecule has 0 spiro atoms. The number of piperazine rings is 1. The molecule has 41 heavy (non-hydrogen) atoms. The minimum absolute atomic E-state index is 0.0272. The number of aromatic nitrogens is 1. The Morgan fingerprint density at radius 3 is 2.24 bits per heavy atom. The molecule has 2 fully saturated rings. The number of rotatable bonds is 7. The second-order valence-electron chi connectivity index (χ2n) is 10.4. The van der Waals surface area contributed by atoms with Gasteiger partial charge >= 0.3 is 0 Å². The van der Waals surface area contributed by atoms with Crippen LogP contribution in [0.4, 0.5) is 10.1 Å². The lowest BCUT2D eigenvalue weighted by Crippen LogP contribution is -2.52. The van der Waals surface area contributed by atoms with Crippen LogP contribution in [0, 0.1) is 18.7 Å². The Hall–Kier alpha value is -3.83. The number of piperidine rings is 1. The quantitative estimate of drug-likeness (QED) is 0.385. The van der Waals surface area contributed by atoms with E-state index in [1.807, 2.05) is 29.2 Å². The van der Waals surface area contributed by atoms with E-state index in [0.717, 1.165) is 5.69 Å². The number of Topliss-reactive ketones (excluding diaryl/α,β-unsaturated/α-hetero) is 1. The molecular weight excluding hydrogens is 547 g/mol. The predicted octanol–water partition coefficient (Wildman–Crippen LogP) is 4.24. The maximum absolute atomic E-state index is 14.0. The molecule has 3 aromatic rings. The Morgan fingerprint density at radius 1 is 0.951 bits per heavy atom. The zero-order valence-electron chi connectivity index (χ0n) is 23.1. The molecule has 1 aromatic heterocycles. The summed E-state index contributed by atoms with van der Waals surface area (Å²) < 4.78 is 47.8. The summed E-state index contributed by atoms with van der Waals surface area (Å²) in [4.78, 5) is 28.9. The number of carbonyl (C=O) groups is 2. The number of ketones is 1. The highest BCUT2D eigenvalue weighted by atomic mass is 32.2. The van der Waals surface area contributed by atoms with Gasteiger partial charge in [-0.2, -0.15) is 4.31 Å². The highest BCUT2D eigenvalue weighted by Gasteiger charge is 2.37. The number of carbonyl (C=O) groups excluding carboxylic acids is 2. The van der Waals surface area contributed by atoms with Crippen molar-refractivity contribution in [1.82, 2.24) is 14.4 Å². The normalized spacial score (nSPS) is 17.3. The van der Waals surface area contributed by atoms with Gasteiger partial charge in [0.15, 0.2) is 16.4 Å². The van der Waals surface area contributed by atoms with E-state index in [1.54, 1.807) is 32.0 Å². The topological polar surface area (TPSA) is 104 Å². The van der Waals surface area contributed by atoms with Crippen molar-refractivity contribution in [2.45, 2.75) is 31.6 Å². The van der Waals surface area contributed by atoms with Crippen LogP contribution in [0.5, 0.6) is 0 Å². The fourth-order valence-corrected chi connectivity index (χ4v) is 7.12. The molecule has 2 aliphatic rings. The third kappa shape index (κ3) is 6.11. The molecule has 2 saturated heterocycles. The van der Waals surface area contributed by atoms with Crippen molar-refractivity contribution < 1.29 is 26.9 Å². The molecule has 0 bridgehead atoms. The van der Waals surface area contributed by atoms with Gasteiger partial charge in [0.2, 0.25) is 15.9 Å². The van der Waals surface area contributed by atoms with Crippen LogP contribution < -0.4 is 4.90 Å². The minimum atomic E-state index is -3.94. The van der Waals surface area contributed by atoms with E-state index in [2.05, 4.69) is 10.1 Å². The first kappa shape index (κ1) is 28.7. The molecule has 11 heteroatoms. The monoisotopic (exact) mass is 580 g/mol. The molecular formula is C30H33FN4O5S. The van der Waals surface area contributed by atoms with Gasteiger partial charge in [0.05, 0.1) is 0 Å². The average molecular weight is 581 g/mol. The number of aryl methyl sites for hydroxylation is 1. The van der Waals surface area contributed by atoms with Crippen molar-refractivity contribution in [2.75, 3.05) is 44.2 Å². The predicted molar refractivity (Wildman–Crippen MR) is 153 cm³/mol. The lowest BCUT2D eigenvalue weighted by atomic mass is 9.96. The van der Waals surface area contributed by atoms with Crippen molar-refractivity contribution in [1.29, 1.82) is 0 Å². The second kappa shape index (κ2) is 12.0. The van der Waals surface area contributed by atoms with Gasteiger partial charge in [0, 0.05) is 62.0 Å². The van der Waals surface area contributed by atoms with Crippen LogP contribution in [0.2, 0.25) is 0 Å². The molecule has 1 amide bonds. The van der Waals surface area contributed by atoms with Crippen molar-refractivity contribution >= 4 is 39.6 Å².